The Morgan fingerprint density at radius 2 is 1.90 bits per heavy atom. The van der Waals surface area contributed by atoms with Crippen LogP contribution in [0.5, 0.6) is 0 Å². The van der Waals surface area contributed by atoms with E-state index in [0.29, 0.717) is 18.9 Å². The number of hydrogen-bond donors (Lipinski definition) is 1. The maximum absolute atomic E-state index is 11.1. The second-order valence-electron chi connectivity index (χ2n) is 6.04. The molecule has 1 aromatic heterocycles. The number of aromatic nitrogens is 2. The van der Waals surface area contributed by atoms with Gasteiger partial charge in [-0.3, -0.25) is 0 Å². The first-order chi connectivity index (χ1) is 9.07. The third-order valence-electron chi connectivity index (χ3n) is 2.69. The fourth-order valence-corrected chi connectivity index (χ4v) is 2.03. The lowest BCUT2D eigenvalue weighted by Gasteiger charge is -2.20. The molecule has 0 saturated heterocycles. The molecule has 1 N–H and O–H groups in total. The second-order valence-corrected chi connectivity index (χ2v) is 8.30. The summed E-state index contributed by atoms with van der Waals surface area (Å²) in [5, 5.41) is 11.6. The fourth-order valence-electron chi connectivity index (χ4n) is 1.42. The van der Waals surface area contributed by atoms with Crippen LogP contribution >= 0.6 is 0 Å². The third-order valence-corrected chi connectivity index (χ3v) is 3.62. The number of nitrogens with one attached hydrogen (secondary N) is 1. The molecule has 0 amide bonds. The highest BCUT2D eigenvalue weighted by molar-refractivity contribution is 7.90. The van der Waals surface area contributed by atoms with Gasteiger partial charge in [0.2, 0.25) is 0 Å². The topological polar surface area (TPSA) is 75.2 Å². The van der Waals surface area contributed by atoms with E-state index in [-0.39, 0.29) is 11.3 Å². The molecular weight excluding hydrogens is 276 g/mol. The average molecular weight is 300 g/mol. The molecule has 0 unspecified atom stereocenters. The van der Waals surface area contributed by atoms with Crippen molar-refractivity contribution >= 4 is 15.7 Å². The van der Waals surface area contributed by atoms with Gasteiger partial charge in [0.15, 0.2) is 5.82 Å². The Bertz CT molecular complexity index is 520. The fraction of sp³-hybridized carbons (Fsp3) is 0.692. The third kappa shape index (κ3) is 6.81. The minimum Gasteiger partial charge on any atom is -0.357 e. The van der Waals surface area contributed by atoms with E-state index in [1.54, 1.807) is 4.90 Å². The summed E-state index contributed by atoms with van der Waals surface area (Å²) in [4.78, 5) is 1.79. The molecule has 0 saturated carbocycles. The van der Waals surface area contributed by atoms with E-state index in [2.05, 4.69) is 36.3 Å². The van der Waals surface area contributed by atoms with Crippen molar-refractivity contribution in [1.29, 1.82) is 0 Å². The lowest BCUT2D eigenvalue weighted by molar-refractivity contribution is 0.420. The van der Waals surface area contributed by atoms with Gasteiger partial charge in [-0.05, 0) is 32.9 Å². The SMILES string of the molecule is CN(CCS(C)(=O)=O)c1ccc(CNC(C)(C)C)nn1. The Kier molecular flexibility index (Phi) is 5.47. The largest absolute Gasteiger partial charge is 0.357 e. The van der Waals surface area contributed by atoms with E-state index in [9.17, 15) is 8.42 Å². The number of sulfone groups is 1. The number of hydrogen-bond acceptors (Lipinski definition) is 6. The molecule has 0 aliphatic heterocycles. The Morgan fingerprint density at radius 3 is 2.35 bits per heavy atom. The van der Waals surface area contributed by atoms with Gasteiger partial charge in [0.25, 0.3) is 0 Å². The molecule has 0 atom stereocenters. The molecule has 0 radical (unpaired) electrons. The zero-order valence-electron chi connectivity index (χ0n) is 12.8. The molecule has 7 heteroatoms. The first-order valence-corrected chi connectivity index (χ1v) is 8.59. The van der Waals surface area contributed by atoms with Crippen molar-refractivity contribution in [3.05, 3.63) is 17.8 Å². The molecule has 0 aromatic carbocycles. The first kappa shape index (κ1) is 16.8. The molecule has 0 spiro atoms. The van der Waals surface area contributed by atoms with E-state index < -0.39 is 9.84 Å². The van der Waals surface area contributed by atoms with Gasteiger partial charge in [0.1, 0.15) is 9.84 Å². The molecule has 6 nitrogen and oxygen atoms in total. The van der Waals surface area contributed by atoms with Crippen molar-refractivity contribution in [2.45, 2.75) is 32.9 Å². The average Bonchev–Trinajstić information content (AvgIpc) is 2.32. The molecule has 20 heavy (non-hydrogen) atoms. The summed E-state index contributed by atoms with van der Waals surface area (Å²) in [7, 11) is -1.15. The summed E-state index contributed by atoms with van der Waals surface area (Å²) in [5.41, 5.74) is 0.896. The lowest BCUT2D eigenvalue weighted by atomic mass is 10.1. The standard InChI is InChI=1S/C13H24N4O2S/c1-13(2,3)14-10-11-6-7-12(16-15-11)17(4)8-9-20(5,18)19/h6-7,14H,8-10H2,1-5H3. The monoisotopic (exact) mass is 300 g/mol. The minimum atomic E-state index is -2.96. The number of anilines is 1. The van der Waals surface area contributed by atoms with Crippen LogP contribution in [0.2, 0.25) is 0 Å². The molecule has 0 aliphatic rings. The molecule has 0 fully saturated rings. The lowest BCUT2D eigenvalue weighted by Crippen LogP contribution is -2.35. The van der Waals surface area contributed by atoms with E-state index in [1.807, 2.05) is 19.2 Å². The van der Waals surface area contributed by atoms with Crippen LogP contribution in [0.3, 0.4) is 0 Å². The Labute approximate surface area is 121 Å². The summed E-state index contributed by atoms with van der Waals surface area (Å²) in [6.45, 7) is 7.34. The van der Waals surface area contributed by atoms with Crippen molar-refractivity contribution in [2.75, 3.05) is 30.5 Å². The van der Waals surface area contributed by atoms with Gasteiger partial charge in [0.05, 0.1) is 11.4 Å². The van der Waals surface area contributed by atoms with Gasteiger partial charge in [0, 0.05) is 31.9 Å². The van der Waals surface area contributed by atoms with Gasteiger partial charge < -0.3 is 10.2 Å². The Balaban J connectivity index is 2.57. The summed E-state index contributed by atoms with van der Waals surface area (Å²) < 4.78 is 22.3. The maximum Gasteiger partial charge on any atom is 0.151 e. The zero-order valence-corrected chi connectivity index (χ0v) is 13.7. The summed E-state index contributed by atoms with van der Waals surface area (Å²) in [5.74, 6) is 0.784. The van der Waals surface area contributed by atoms with Crippen LogP contribution in [0.4, 0.5) is 5.82 Å². The number of rotatable bonds is 6. The van der Waals surface area contributed by atoms with Gasteiger partial charge >= 0.3 is 0 Å². The van der Waals surface area contributed by atoms with Crippen LogP contribution in [0.1, 0.15) is 26.5 Å². The normalized spacial score (nSPS) is 12.4. The summed E-state index contributed by atoms with van der Waals surface area (Å²) in [6.07, 6.45) is 1.23. The zero-order chi connectivity index (χ0) is 15.4. The second kappa shape index (κ2) is 6.49. The number of nitrogens with zero attached hydrogens (tertiary/aromatic N) is 3. The van der Waals surface area contributed by atoms with E-state index in [4.69, 9.17) is 0 Å². The summed E-state index contributed by atoms with van der Waals surface area (Å²) in [6, 6.07) is 3.76. The Hall–Kier alpha value is -1.21. The summed E-state index contributed by atoms with van der Waals surface area (Å²) >= 11 is 0. The van der Waals surface area contributed by atoms with Crippen LogP contribution in [-0.4, -0.2) is 49.8 Å². The molecule has 114 valence electrons. The van der Waals surface area contributed by atoms with Gasteiger partial charge in [-0.25, -0.2) is 8.42 Å². The van der Waals surface area contributed by atoms with Crippen LogP contribution in [0.15, 0.2) is 12.1 Å². The quantitative estimate of drug-likeness (QED) is 0.839. The highest BCUT2D eigenvalue weighted by Gasteiger charge is 2.10. The molecule has 0 bridgehead atoms. The minimum absolute atomic E-state index is 0.0344. The van der Waals surface area contributed by atoms with Crippen molar-refractivity contribution < 1.29 is 8.42 Å². The molecule has 0 aliphatic carbocycles. The predicted molar refractivity (Wildman–Crippen MR) is 81.6 cm³/mol. The highest BCUT2D eigenvalue weighted by Crippen LogP contribution is 2.08. The van der Waals surface area contributed by atoms with Gasteiger partial charge in [-0.1, -0.05) is 0 Å². The van der Waals surface area contributed by atoms with Gasteiger partial charge in [-0.2, -0.15) is 5.10 Å². The van der Waals surface area contributed by atoms with E-state index >= 15 is 0 Å². The van der Waals surface area contributed by atoms with Crippen molar-refractivity contribution in [3.8, 4) is 0 Å². The molecule has 1 heterocycles. The van der Waals surface area contributed by atoms with E-state index in [1.165, 1.54) is 6.26 Å². The molecule has 1 aromatic rings. The van der Waals surface area contributed by atoms with Gasteiger partial charge in [-0.15, -0.1) is 5.10 Å². The van der Waals surface area contributed by atoms with Crippen molar-refractivity contribution in [3.63, 3.8) is 0 Å². The van der Waals surface area contributed by atoms with E-state index in [0.717, 1.165) is 5.69 Å². The smallest absolute Gasteiger partial charge is 0.151 e. The van der Waals surface area contributed by atoms with Crippen LogP contribution in [0, 0.1) is 0 Å². The maximum atomic E-state index is 11.1. The van der Waals surface area contributed by atoms with Crippen molar-refractivity contribution in [2.24, 2.45) is 0 Å². The molecule has 1 rings (SSSR count). The van der Waals surface area contributed by atoms with Crippen molar-refractivity contribution in [1.82, 2.24) is 15.5 Å². The first-order valence-electron chi connectivity index (χ1n) is 6.53. The van der Waals surface area contributed by atoms with Crippen LogP contribution in [-0.2, 0) is 16.4 Å². The highest BCUT2D eigenvalue weighted by atomic mass is 32.2. The van der Waals surface area contributed by atoms with Crippen LogP contribution in [0.25, 0.3) is 0 Å². The van der Waals surface area contributed by atoms with Crippen LogP contribution < -0.4 is 10.2 Å². The predicted octanol–water partition coefficient (Wildman–Crippen LogP) is 0.845. The Morgan fingerprint density at radius 1 is 1.25 bits per heavy atom. The molecular formula is C13H24N4O2S.